The van der Waals surface area contributed by atoms with Crippen molar-refractivity contribution in [2.75, 3.05) is 13.1 Å². The van der Waals surface area contributed by atoms with Crippen molar-refractivity contribution in [3.63, 3.8) is 0 Å². The fraction of sp³-hybridized carbons (Fsp3) is 0.529. The van der Waals surface area contributed by atoms with Crippen LogP contribution >= 0.6 is 0 Å². The summed E-state index contributed by atoms with van der Waals surface area (Å²) >= 11 is 0. The lowest BCUT2D eigenvalue weighted by Crippen LogP contribution is -2.43. The molecule has 1 aromatic rings. The third-order valence-electron chi connectivity index (χ3n) is 3.73. The normalized spacial score (nSPS) is 16.3. The molecule has 0 atom stereocenters. The Bertz CT molecular complexity index is 582. The summed E-state index contributed by atoms with van der Waals surface area (Å²) < 4.78 is 32.7. The minimum Gasteiger partial charge on any atom is -0.444 e. The molecule has 0 aromatic heterocycles. The fourth-order valence-corrected chi connectivity index (χ4v) is 2.59. The van der Waals surface area contributed by atoms with Crippen molar-refractivity contribution in [1.29, 1.82) is 0 Å². The van der Waals surface area contributed by atoms with E-state index in [9.17, 15) is 18.4 Å². The van der Waals surface area contributed by atoms with Gasteiger partial charge in [0.2, 0.25) is 0 Å². The van der Waals surface area contributed by atoms with Gasteiger partial charge in [0, 0.05) is 19.0 Å². The van der Waals surface area contributed by atoms with Crippen molar-refractivity contribution in [3.8, 4) is 0 Å². The highest BCUT2D eigenvalue weighted by molar-refractivity contribution is 5.98. The molecule has 1 saturated heterocycles. The summed E-state index contributed by atoms with van der Waals surface area (Å²) in [7, 11) is 0. The second-order valence-electron chi connectivity index (χ2n) is 6.70. The molecule has 1 aliphatic heterocycles. The number of benzene rings is 1. The number of piperidine rings is 1. The van der Waals surface area contributed by atoms with Crippen molar-refractivity contribution in [3.05, 3.63) is 35.4 Å². The monoisotopic (exact) mass is 325 g/mol. The second-order valence-corrected chi connectivity index (χ2v) is 6.70. The first-order valence-corrected chi connectivity index (χ1v) is 7.65. The van der Waals surface area contributed by atoms with E-state index in [1.54, 1.807) is 20.8 Å². The maximum absolute atomic E-state index is 13.7. The quantitative estimate of drug-likeness (QED) is 0.777. The number of carbonyl (C=O) groups is 2. The Kier molecular flexibility index (Phi) is 5.02. The highest BCUT2D eigenvalue weighted by Gasteiger charge is 2.32. The maximum atomic E-state index is 13.7. The molecule has 1 amide bonds. The fourth-order valence-electron chi connectivity index (χ4n) is 2.59. The minimum absolute atomic E-state index is 0.335. The van der Waals surface area contributed by atoms with E-state index in [0.717, 1.165) is 12.1 Å². The molecule has 0 saturated carbocycles. The number of amides is 1. The molecule has 1 fully saturated rings. The molecule has 6 heteroatoms. The second kappa shape index (κ2) is 6.64. The van der Waals surface area contributed by atoms with Crippen LogP contribution in [0.15, 0.2) is 18.2 Å². The highest BCUT2D eigenvalue weighted by Crippen LogP contribution is 2.25. The zero-order valence-corrected chi connectivity index (χ0v) is 13.6. The number of hydrogen-bond acceptors (Lipinski definition) is 3. The van der Waals surface area contributed by atoms with E-state index >= 15 is 0 Å². The number of likely N-dealkylation sites (tertiary alicyclic amines) is 1. The molecule has 0 spiro atoms. The zero-order chi connectivity index (χ0) is 17.2. The van der Waals surface area contributed by atoms with E-state index in [1.807, 2.05) is 0 Å². The molecule has 0 unspecified atom stereocenters. The smallest absolute Gasteiger partial charge is 0.410 e. The minimum atomic E-state index is -0.843. The molecule has 1 aliphatic rings. The Morgan fingerprint density at radius 3 is 2.13 bits per heavy atom. The van der Waals surface area contributed by atoms with Crippen LogP contribution in [0.1, 0.15) is 44.0 Å². The van der Waals surface area contributed by atoms with Gasteiger partial charge in [-0.3, -0.25) is 4.79 Å². The SMILES string of the molecule is CC(C)(C)OC(=O)N1CCC(C(=O)c2c(F)cccc2F)CC1. The van der Waals surface area contributed by atoms with Gasteiger partial charge in [0.25, 0.3) is 0 Å². The summed E-state index contributed by atoms with van der Waals surface area (Å²) in [4.78, 5) is 25.8. The largest absolute Gasteiger partial charge is 0.444 e. The van der Waals surface area contributed by atoms with E-state index < -0.39 is 40.6 Å². The van der Waals surface area contributed by atoms with Crippen LogP contribution in [0.3, 0.4) is 0 Å². The van der Waals surface area contributed by atoms with Gasteiger partial charge in [-0.25, -0.2) is 13.6 Å². The average Bonchev–Trinajstić information content (AvgIpc) is 2.45. The molecule has 126 valence electrons. The van der Waals surface area contributed by atoms with Gasteiger partial charge in [-0.2, -0.15) is 0 Å². The molecule has 2 rings (SSSR count). The summed E-state index contributed by atoms with van der Waals surface area (Å²) in [5.74, 6) is -2.71. The maximum Gasteiger partial charge on any atom is 0.410 e. The van der Waals surface area contributed by atoms with Gasteiger partial charge in [0.15, 0.2) is 5.78 Å². The van der Waals surface area contributed by atoms with Gasteiger partial charge in [-0.1, -0.05) is 6.07 Å². The Hall–Kier alpha value is -1.98. The lowest BCUT2D eigenvalue weighted by Gasteiger charge is -2.33. The molecule has 0 bridgehead atoms. The van der Waals surface area contributed by atoms with Gasteiger partial charge in [0.1, 0.15) is 17.2 Å². The molecule has 0 aliphatic carbocycles. The average molecular weight is 325 g/mol. The van der Waals surface area contributed by atoms with E-state index in [0.29, 0.717) is 25.9 Å². The summed E-state index contributed by atoms with van der Waals surface area (Å²) in [5.41, 5.74) is -1.07. The summed E-state index contributed by atoms with van der Waals surface area (Å²) in [6.45, 7) is 6.01. The topological polar surface area (TPSA) is 46.6 Å². The van der Waals surface area contributed by atoms with E-state index in [1.165, 1.54) is 11.0 Å². The highest BCUT2D eigenvalue weighted by atomic mass is 19.1. The third-order valence-corrected chi connectivity index (χ3v) is 3.73. The summed E-state index contributed by atoms with van der Waals surface area (Å²) in [6, 6.07) is 3.38. The van der Waals surface area contributed by atoms with Gasteiger partial charge in [-0.15, -0.1) is 0 Å². The number of hydrogen-bond donors (Lipinski definition) is 0. The first kappa shape index (κ1) is 17.4. The van der Waals surface area contributed by atoms with Crippen LogP contribution in [0, 0.1) is 17.6 Å². The van der Waals surface area contributed by atoms with Crippen LogP contribution < -0.4 is 0 Å². The number of nitrogens with zero attached hydrogens (tertiary/aromatic N) is 1. The molecule has 1 heterocycles. The van der Waals surface area contributed by atoms with Gasteiger partial charge >= 0.3 is 6.09 Å². The third kappa shape index (κ3) is 4.27. The van der Waals surface area contributed by atoms with Crippen LogP contribution in [-0.2, 0) is 4.74 Å². The Morgan fingerprint density at radius 1 is 1.13 bits per heavy atom. The Labute approximate surface area is 134 Å². The molecule has 1 aromatic carbocycles. The number of ketones is 1. The molecular formula is C17H21F2NO3. The Balaban J connectivity index is 1.99. The number of ether oxygens (including phenoxy) is 1. The van der Waals surface area contributed by atoms with E-state index in [2.05, 4.69) is 0 Å². The summed E-state index contributed by atoms with van der Waals surface area (Å²) in [5, 5.41) is 0. The zero-order valence-electron chi connectivity index (χ0n) is 13.6. The van der Waals surface area contributed by atoms with Gasteiger partial charge < -0.3 is 9.64 Å². The van der Waals surface area contributed by atoms with Gasteiger partial charge in [0.05, 0.1) is 5.56 Å². The number of carbonyl (C=O) groups excluding carboxylic acids is 2. The number of halogens is 2. The predicted molar refractivity (Wildman–Crippen MR) is 81.2 cm³/mol. The first-order chi connectivity index (χ1) is 10.7. The summed E-state index contributed by atoms with van der Waals surface area (Å²) in [6.07, 6.45) is 0.304. The van der Waals surface area contributed by atoms with Crippen LogP contribution in [-0.4, -0.2) is 35.5 Å². The first-order valence-electron chi connectivity index (χ1n) is 7.65. The van der Waals surface area contributed by atoms with E-state index in [4.69, 9.17) is 4.74 Å². The lowest BCUT2D eigenvalue weighted by molar-refractivity contribution is 0.0182. The molecule has 0 radical (unpaired) electrons. The van der Waals surface area contributed by atoms with Crippen molar-refractivity contribution in [2.45, 2.75) is 39.2 Å². The standard InChI is InChI=1S/C17H21F2NO3/c1-17(2,3)23-16(22)20-9-7-11(8-10-20)15(21)14-12(18)5-4-6-13(14)19/h4-6,11H,7-10H2,1-3H3. The van der Waals surface area contributed by atoms with Crippen LogP contribution in [0.4, 0.5) is 13.6 Å². The van der Waals surface area contributed by atoms with Crippen molar-refractivity contribution in [2.24, 2.45) is 5.92 Å². The van der Waals surface area contributed by atoms with Crippen LogP contribution in [0.2, 0.25) is 0 Å². The molecular weight excluding hydrogens is 304 g/mol. The number of Topliss-reactive ketones (excluding diaryl/α,β-unsaturated/α-hetero) is 1. The van der Waals surface area contributed by atoms with Crippen molar-refractivity contribution in [1.82, 2.24) is 4.90 Å². The number of rotatable bonds is 2. The predicted octanol–water partition coefficient (Wildman–Crippen LogP) is 3.79. The van der Waals surface area contributed by atoms with E-state index in [-0.39, 0.29) is 0 Å². The van der Waals surface area contributed by atoms with Crippen molar-refractivity contribution < 1.29 is 23.1 Å². The molecule has 23 heavy (non-hydrogen) atoms. The van der Waals surface area contributed by atoms with Crippen molar-refractivity contribution >= 4 is 11.9 Å². The van der Waals surface area contributed by atoms with Crippen LogP contribution in [0.5, 0.6) is 0 Å². The Morgan fingerprint density at radius 2 is 1.65 bits per heavy atom. The van der Waals surface area contributed by atoms with Gasteiger partial charge in [-0.05, 0) is 45.7 Å². The molecule has 4 nitrogen and oxygen atoms in total. The lowest BCUT2D eigenvalue weighted by atomic mass is 9.88. The van der Waals surface area contributed by atoms with Crippen LogP contribution in [0.25, 0.3) is 0 Å². The molecule has 0 N–H and O–H groups in total.